The van der Waals surface area contributed by atoms with E-state index < -0.39 is 0 Å². The van der Waals surface area contributed by atoms with Crippen molar-refractivity contribution in [3.63, 3.8) is 0 Å². The molecule has 0 radical (unpaired) electrons. The molecule has 1 nitrogen and oxygen atoms in total. The predicted molar refractivity (Wildman–Crippen MR) is 91.7 cm³/mol. The molecule has 0 spiro atoms. The molecule has 0 unspecified atom stereocenters. The summed E-state index contributed by atoms with van der Waals surface area (Å²) in [6.45, 7) is 4.24. The Balaban J connectivity index is 1.78. The van der Waals surface area contributed by atoms with Gasteiger partial charge in [0.2, 0.25) is 0 Å². The summed E-state index contributed by atoms with van der Waals surface area (Å²) in [7, 11) is 0. The zero-order valence-electron chi connectivity index (χ0n) is 11.8. The van der Waals surface area contributed by atoms with Crippen LogP contribution in [0.3, 0.4) is 0 Å². The molecule has 0 saturated carbocycles. The third-order valence-electron chi connectivity index (χ3n) is 2.86. The van der Waals surface area contributed by atoms with Crippen LogP contribution in [0.4, 0.5) is 0 Å². The summed E-state index contributed by atoms with van der Waals surface area (Å²) in [6.07, 6.45) is 0. The molecular formula is C17H21NS2. The van der Waals surface area contributed by atoms with Crippen LogP contribution in [-0.4, -0.2) is 18.1 Å². The lowest BCUT2D eigenvalue weighted by atomic mass is 10.2. The van der Waals surface area contributed by atoms with Crippen LogP contribution >= 0.6 is 23.5 Å². The average molecular weight is 303 g/mol. The largest absolute Gasteiger partial charge is 0.312 e. The van der Waals surface area contributed by atoms with Gasteiger partial charge in [0.25, 0.3) is 0 Å². The van der Waals surface area contributed by atoms with Gasteiger partial charge in [0, 0.05) is 28.6 Å². The smallest absolute Gasteiger partial charge is 0.0205 e. The van der Waals surface area contributed by atoms with Gasteiger partial charge in [0.05, 0.1) is 0 Å². The second-order valence-corrected chi connectivity index (χ2v) is 6.97. The Bertz CT molecular complexity index is 482. The molecule has 2 aromatic rings. The minimum Gasteiger partial charge on any atom is -0.312 e. The molecule has 0 aromatic heterocycles. The Morgan fingerprint density at radius 2 is 1.60 bits per heavy atom. The van der Waals surface area contributed by atoms with E-state index in [2.05, 4.69) is 66.8 Å². The molecule has 0 aliphatic heterocycles. The Kier molecular flexibility index (Phi) is 7.06. The first-order valence-electron chi connectivity index (χ1n) is 6.99. The van der Waals surface area contributed by atoms with Crippen molar-refractivity contribution in [1.82, 2.24) is 5.32 Å². The number of nitrogens with one attached hydrogen (secondary N) is 1. The van der Waals surface area contributed by atoms with Crippen LogP contribution < -0.4 is 5.32 Å². The lowest BCUT2D eigenvalue weighted by Gasteiger charge is -2.06. The van der Waals surface area contributed by atoms with Crippen LogP contribution in [0, 0.1) is 0 Å². The van der Waals surface area contributed by atoms with Gasteiger partial charge in [-0.15, -0.1) is 0 Å². The molecule has 0 aliphatic rings. The lowest BCUT2D eigenvalue weighted by Crippen LogP contribution is -2.16. The summed E-state index contributed by atoms with van der Waals surface area (Å²) >= 11 is 3.79. The second-order valence-electron chi connectivity index (χ2n) is 4.43. The van der Waals surface area contributed by atoms with E-state index in [1.165, 1.54) is 26.9 Å². The third-order valence-corrected chi connectivity index (χ3v) is 4.78. The monoisotopic (exact) mass is 303 g/mol. The van der Waals surface area contributed by atoms with Crippen molar-refractivity contribution in [2.75, 3.05) is 18.1 Å². The van der Waals surface area contributed by atoms with Crippen LogP contribution in [0.25, 0.3) is 0 Å². The van der Waals surface area contributed by atoms with Crippen molar-refractivity contribution in [3.8, 4) is 0 Å². The normalized spacial score (nSPS) is 10.7. The van der Waals surface area contributed by atoms with Crippen molar-refractivity contribution in [1.29, 1.82) is 0 Å². The standard InChI is InChI=1S/C17H21NS2/c1-2-19-13-12-18-14-15-8-10-17(11-9-15)20-16-6-4-3-5-7-16/h3-11,18H,2,12-14H2,1H3. The molecule has 0 saturated heterocycles. The molecule has 106 valence electrons. The van der Waals surface area contributed by atoms with Crippen LogP contribution in [0.2, 0.25) is 0 Å². The van der Waals surface area contributed by atoms with Gasteiger partial charge >= 0.3 is 0 Å². The number of rotatable bonds is 8. The molecule has 2 aromatic carbocycles. The Morgan fingerprint density at radius 1 is 0.900 bits per heavy atom. The molecule has 1 N–H and O–H groups in total. The fourth-order valence-electron chi connectivity index (χ4n) is 1.82. The quantitative estimate of drug-likeness (QED) is 0.711. The molecule has 3 heteroatoms. The van der Waals surface area contributed by atoms with E-state index in [4.69, 9.17) is 0 Å². The predicted octanol–water partition coefficient (Wildman–Crippen LogP) is 4.68. The van der Waals surface area contributed by atoms with Gasteiger partial charge in [-0.1, -0.05) is 49.0 Å². The van der Waals surface area contributed by atoms with Gasteiger partial charge < -0.3 is 5.32 Å². The summed E-state index contributed by atoms with van der Waals surface area (Å²) in [5.74, 6) is 2.39. The maximum atomic E-state index is 3.48. The zero-order chi connectivity index (χ0) is 14.0. The highest BCUT2D eigenvalue weighted by atomic mass is 32.2. The topological polar surface area (TPSA) is 12.0 Å². The third kappa shape index (κ3) is 5.61. The van der Waals surface area contributed by atoms with Gasteiger partial charge in [0.15, 0.2) is 0 Å². The number of hydrogen-bond acceptors (Lipinski definition) is 3. The Hall–Kier alpha value is -0.900. The van der Waals surface area contributed by atoms with Crippen molar-refractivity contribution >= 4 is 23.5 Å². The first-order chi connectivity index (χ1) is 9.88. The van der Waals surface area contributed by atoms with E-state index in [0.29, 0.717) is 0 Å². The molecule has 0 fully saturated rings. The van der Waals surface area contributed by atoms with Crippen molar-refractivity contribution in [3.05, 3.63) is 60.2 Å². The molecule has 0 aliphatic carbocycles. The van der Waals surface area contributed by atoms with Crippen LogP contribution in [0.1, 0.15) is 12.5 Å². The summed E-state index contributed by atoms with van der Waals surface area (Å²) in [4.78, 5) is 2.58. The first-order valence-corrected chi connectivity index (χ1v) is 8.96. The molecular weight excluding hydrogens is 282 g/mol. The van der Waals surface area contributed by atoms with Gasteiger partial charge in [-0.25, -0.2) is 0 Å². The highest BCUT2D eigenvalue weighted by molar-refractivity contribution is 7.99. The SMILES string of the molecule is CCSCCNCc1ccc(Sc2ccccc2)cc1. The van der Waals surface area contributed by atoms with E-state index in [1.54, 1.807) is 0 Å². The van der Waals surface area contributed by atoms with Gasteiger partial charge in [-0.2, -0.15) is 11.8 Å². The maximum absolute atomic E-state index is 3.48. The summed E-state index contributed by atoms with van der Waals surface area (Å²) in [5, 5.41) is 3.48. The van der Waals surface area contributed by atoms with Crippen molar-refractivity contribution < 1.29 is 0 Å². The Labute approximate surface area is 130 Å². The maximum Gasteiger partial charge on any atom is 0.0205 e. The van der Waals surface area contributed by atoms with E-state index in [9.17, 15) is 0 Å². The fraction of sp³-hybridized carbons (Fsp3) is 0.294. The highest BCUT2D eigenvalue weighted by Crippen LogP contribution is 2.27. The summed E-state index contributed by atoms with van der Waals surface area (Å²) < 4.78 is 0. The molecule has 0 atom stereocenters. The van der Waals surface area contributed by atoms with Crippen LogP contribution in [-0.2, 0) is 6.54 Å². The minimum atomic E-state index is 0.959. The number of benzene rings is 2. The molecule has 0 amide bonds. The zero-order valence-corrected chi connectivity index (χ0v) is 13.5. The van der Waals surface area contributed by atoms with E-state index in [0.717, 1.165) is 13.1 Å². The highest BCUT2D eigenvalue weighted by Gasteiger charge is 1.97. The summed E-state index contributed by atoms with van der Waals surface area (Å²) in [5.41, 5.74) is 1.35. The first kappa shape index (κ1) is 15.5. The second kappa shape index (κ2) is 9.11. The minimum absolute atomic E-state index is 0.959. The average Bonchev–Trinajstić information content (AvgIpc) is 2.50. The Morgan fingerprint density at radius 3 is 2.30 bits per heavy atom. The van der Waals surface area contributed by atoms with E-state index in [1.807, 2.05) is 23.5 Å². The number of thioether (sulfide) groups is 1. The molecule has 0 bridgehead atoms. The van der Waals surface area contributed by atoms with E-state index in [-0.39, 0.29) is 0 Å². The molecule has 0 heterocycles. The van der Waals surface area contributed by atoms with Gasteiger partial charge in [-0.3, -0.25) is 0 Å². The van der Waals surface area contributed by atoms with Gasteiger partial charge in [0.1, 0.15) is 0 Å². The van der Waals surface area contributed by atoms with Crippen LogP contribution in [0.5, 0.6) is 0 Å². The van der Waals surface area contributed by atoms with Crippen molar-refractivity contribution in [2.45, 2.75) is 23.3 Å². The molecule has 2 rings (SSSR count). The fourth-order valence-corrected chi connectivity index (χ4v) is 3.24. The number of hydrogen-bond donors (Lipinski definition) is 1. The lowest BCUT2D eigenvalue weighted by molar-refractivity contribution is 0.731. The van der Waals surface area contributed by atoms with E-state index >= 15 is 0 Å². The van der Waals surface area contributed by atoms with Crippen LogP contribution in [0.15, 0.2) is 64.4 Å². The summed E-state index contributed by atoms with van der Waals surface area (Å²) in [6, 6.07) is 19.3. The molecule has 20 heavy (non-hydrogen) atoms. The van der Waals surface area contributed by atoms with Crippen molar-refractivity contribution in [2.24, 2.45) is 0 Å². The van der Waals surface area contributed by atoms with Gasteiger partial charge in [-0.05, 0) is 35.6 Å².